The number of benzene rings is 1. The number of carbonyl (C=O) groups excluding carboxylic acids is 1. The highest BCUT2D eigenvalue weighted by molar-refractivity contribution is 5.94. The number of rotatable bonds is 5. The number of carbonyl (C=O) groups is 2. The number of nitrogens with zero attached hydrogens (tertiary/aromatic N) is 1. The van der Waals surface area contributed by atoms with Gasteiger partial charge in [-0.15, -0.1) is 12.3 Å². The minimum Gasteiger partial charge on any atom is -0.480 e. The van der Waals surface area contributed by atoms with Gasteiger partial charge in [0.05, 0.1) is 0 Å². The largest absolute Gasteiger partial charge is 0.480 e. The van der Waals surface area contributed by atoms with Crippen LogP contribution in [0.1, 0.15) is 13.3 Å². The van der Waals surface area contributed by atoms with Crippen LogP contribution in [0, 0.1) is 18.2 Å². The summed E-state index contributed by atoms with van der Waals surface area (Å²) in [5.41, 5.74) is 0.342. The Labute approximate surface area is 116 Å². The summed E-state index contributed by atoms with van der Waals surface area (Å²) in [4.78, 5) is 24.2. The van der Waals surface area contributed by atoms with Crippen LogP contribution in [0.5, 0.6) is 0 Å². The quantitative estimate of drug-likeness (QED) is 0.807. The van der Waals surface area contributed by atoms with Crippen molar-refractivity contribution in [2.45, 2.75) is 19.4 Å². The van der Waals surface area contributed by atoms with Crippen molar-refractivity contribution in [3.63, 3.8) is 0 Å². The second-order valence-corrected chi connectivity index (χ2v) is 3.97. The van der Waals surface area contributed by atoms with Crippen LogP contribution in [0.25, 0.3) is 0 Å². The molecule has 0 aliphatic heterocycles. The molecule has 0 aliphatic rings. The summed E-state index contributed by atoms with van der Waals surface area (Å²) in [5, 5.41) is 11.2. The summed E-state index contributed by atoms with van der Waals surface area (Å²) in [5.74, 6) is 0.491. The molecule has 0 aromatic heterocycles. The summed E-state index contributed by atoms with van der Waals surface area (Å²) in [6.45, 7) is 1.96. The third-order valence-corrected chi connectivity index (χ3v) is 2.60. The fourth-order valence-electron chi connectivity index (χ4n) is 1.63. The van der Waals surface area contributed by atoms with Gasteiger partial charge in [-0.25, -0.2) is 14.0 Å². The van der Waals surface area contributed by atoms with E-state index in [1.54, 1.807) is 13.0 Å². The van der Waals surface area contributed by atoms with Crippen molar-refractivity contribution in [3.05, 3.63) is 30.1 Å². The van der Waals surface area contributed by atoms with Crippen molar-refractivity contribution in [1.29, 1.82) is 0 Å². The summed E-state index contributed by atoms with van der Waals surface area (Å²) in [6.07, 6.45) is 4.93. The molecular formula is C14H15FN2O3. The predicted molar refractivity (Wildman–Crippen MR) is 72.8 cm³/mol. The summed E-state index contributed by atoms with van der Waals surface area (Å²) in [7, 11) is 0. The fourth-order valence-corrected chi connectivity index (χ4v) is 1.63. The molecule has 1 rings (SSSR count). The number of aliphatic carboxylic acids is 1. The Bertz CT molecular complexity index is 539. The number of hydrogen-bond donors (Lipinski definition) is 2. The molecular weight excluding hydrogens is 263 g/mol. The predicted octanol–water partition coefficient (Wildman–Crippen LogP) is 1.84. The highest BCUT2D eigenvalue weighted by Crippen LogP contribution is 2.15. The summed E-state index contributed by atoms with van der Waals surface area (Å²) >= 11 is 0. The van der Waals surface area contributed by atoms with E-state index < -0.39 is 23.9 Å². The molecule has 20 heavy (non-hydrogen) atoms. The molecule has 2 amide bonds. The number of amides is 2. The number of anilines is 1. The topological polar surface area (TPSA) is 69.6 Å². The maximum absolute atomic E-state index is 13.2. The molecule has 1 aromatic rings. The Hall–Kier alpha value is -2.55. The van der Waals surface area contributed by atoms with Crippen molar-refractivity contribution in [3.8, 4) is 12.3 Å². The second-order valence-electron chi connectivity index (χ2n) is 3.97. The first kappa shape index (κ1) is 15.5. The molecule has 5 nitrogen and oxygen atoms in total. The second kappa shape index (κ2) is 7.14. The van der Waals surface area contributed by atoms with E-state index in [9.17, 15) is 14.0 Å². The smallest absolute Gasteiger partial charge is 0.327 e. The number of nitrogens with one attached hydrogen (secondary N) is 1. The van der Waals surface area contributed by atoms with Gasteiger partial charge in [-0.3, -0.25) is 4.90 Å². The zero-order valence-corrected chi connectivity index (χ0v) is 11.0. The molecule has 0 saturated heterocycles. The Balaban J connectivity index is 2.87. The number of urea groups is 1. The molecule has 0 saturated carbocycles. The maximum Gasteiger partial charge on any atom is 0.327 e. The lowest BCUT2D eigenvalue weighted by Crippen LogP contribution is -2.48. The monoisotopic (exact) mass is 278 g/mol. The first-order valence-corrected chi connectivity index (χ1v) is 5.99. The number of halogens is 1. The lowest BCUT2D eigenvalue weighted by atomic mass is 10.2. The SMILES string of the molecule is C#CCC(NC(=O)N(CC)c1cccc(F)c1)C(=O)O. The minimum absolute atomic E-state index is 0.123. The lowest BCUT2D eigenvalue weighted by molar-refractivity contribution is -0.139. The highest BCUT2D eigenvalue weighted by Gasteiger charge is 2.22. The Morgan fingerprint density at radius 2 is 2.25 bits per heavy atom. The first-order chi connectivity index (χ1) is 9.49. The fraction of sp³-hybridized carbons (Fsp3) is 0.286. The maximum atomic E-state index is 13.2. The van der Waals surface area contributed by atoms with Crippen molar-refractivity contribution in [2.75, 3.05) is 11.4 Å². The minimum atomic E-state index is -1.22. The van der Waals surface area contributed by atoms with Crippen molar-refractivity contribution < 1.29 is 19.1 Å². The molecule has 0 spiro atoms. The van der Waals surface area contributed by atoms with Crippen LogP contribution < -0.4 is 10.2 Å². The molecule has 0 aliphatic carbocycles. The number of terminal acetylenes is 1. The Morgan fingerprint density at radius 1 is 1.55 bits per heavy atom. The molecule has 1 unspecified atom stereocenters. The van der Waals surface area contributed by atoms with Gasteiger partial charge in [0, 0.05) is 18.7 Å². The van der Waals surface area contributed by atoms with Gasteiger partial charge in [-0.1, -0.05) is 6.07 Å². The molecule has 106 valence electrons. The summed E-state index contributed by atoms with van der Waals surface area (Å²) in [6, 6.07) is 3.67. The average Bonchev–Trinajstić information content (AvgIpc) is 2.39. The van der Waals surface area contributed by atoms with Crippen LogP contribution in [0.15, 0.2) is 24.3 Å². The van der Waals surface area contributed by atoms with Crippen molar-refractivity contribution in [2.24, 2.45) is 0 Å². The third kappa shape index (κ3) is 3.99. The van der Waals surface area contributed by atoms with E-state index in [0.717, 1.165) is 0 Å². The van der Waals surface area contributed by atoms with Gasteiger partial charge in [-0.2, -0.15) is 0 Å². The first-order valence-electron chi connectivity index (χ1n) is 5.99. The van der Waals surface area contributed by atoms with Crippen LogP contribution in [-0.2, 0) is 4.79 Å². The highest BCUT2D eigenvalue weighted by atomic mass is 19.1. The number of carboxylic acid groups (broad SMARTS) is 1. The normalized spacial score (nSPS) is 11.2. The van der Waals surface area contributed by atoms with Crippen LogP contribution in [0.4, 0.5) is 14.9 Å². The zero-order chi connectivity index (χ0) is 15.1. The average molecular weight is 278 g/mol. The van der Waals surface area contributed by atoms with Gasteiger partial charge >= 0.3 is 12.0 Å². The van der Waals surface area contributed by atoms with E-state index in [1.165, 1.54) is 23.1 Å². The summed E-state index contributed by atoms with van der Waals surface area (Å²) < 4.78 is 13.2. The molecule has 1 aromatic carbocycles. The number of carboxylic acids is 1. The molecule has 0 radical (unpaired) electrons. The van der Waals surface area contributed by atoms with Gasteiger partial charge in [0.1, 0.15) is 11.9 Å². The molecule has 2 N–H and O–H groups in total. The van der Waals surface area contributed by atoms with Crippen LogP contribution >= 0.6 is 0 Å². The van der Waals surface area contributed by atoms with Crippen molar-refractivity contribution >= 4 is 17.7 Å². The van der Waals surface area contributed by atoms with Crippen LogP contribution in [0.3, 0.4) is 0 Å². The van der Waals surface area contributed by atoms with Crippen molar-refractivity contribution in [1.82, 2.24) is 5.32 Å². The van der Waals surface area contributed by atoms with E-state index >= 15 is 0 Å². The molecule has 0 bridgehead atoms. The van der Waals surface area contributed by atoms with E-state index in [2.05, 4.69) is 11.2 Å². The molecule has 1 atom stereocenters. The van der Waals surface area contributed by atoms with E-state index in [4.69, 9.17) is 11.5 Å². The molecule has 0 fully saturated rings. The molecule has 6 heteroatoms. The Kier molecular flexibility index (Phi) is 5.54. The van der Waals surface area contributed by atoms with Gasteiger partial charge < -0.3 is 10.4 Å². The number of hydrogen-bond acceptors (Lipinski definition) is 2. The Morgan fingerprint density at radius 3 is 2.75 bits per heavy atom. The van der Waals surface area contributed by atoms with Crippen LogP contribution in [-0.4, -0.2) is 29.7 Å². The lowest BCUT2D eigenvalue weighted by Gasteiger charge is -2.23. The molecule has 0 heterocycles. The van der Waals surface area contributed by atoms with E-state index in [-0.39, 0.29) is 13.0 Å². The van der Waals surface area contributed by atoms with Crippen LogP contribution in [0.2, 0.25) is 0 Å². The van der Waals surface area contributed by atoms with Gasteiger partial charge in [0.15, 0.2) is 0 Å². The van der Waals surface area contributed by atoms with E-state index in [1.807, 2.05) is 0 Å². The van der Waals surface area contributed by atoms with Gasteiger partial charge in [0.25, 0.3) is 0 Å². The zero-order valence-electron chi connectivity index (χ0n) is 11.0. The van der Waals surface area contributed by atoms with Gasteiger partial charge in [0.2, 0.25) is 0 Å². The third-order valence-electron chi connectivity index (χ3n) is 2.60. The van der Waals surface area contributed by atoms with Gasteiger partial charge in [-0.05, 0) is 25.1 Å². The van der Waals surface area contributed by atoms with E-state index in [0.29, 0.717) is 5.69 Å². The standard InChI is InChI=1S/C14H15FN2O3/c1-3-6-12(13(18)19)16-14(20)17(4-2)11-8-5-7-10(15)9-11/h1,5,7-9,12H,4,6H2,2H3,(H,16,20)(H,18,19).